The number of ether oxygens (including phenoxy) is 1. The highest BCUT2D eigenvalue weighted by Crippen LogP contribution is 2.30. The van der Waals surface area contributed by atoms with Crippen molar-refractivity contribution < 1.29 is 18.3 Å². The number of para-hydroxylation sites is 1. The molecule has 1 amide bonds. The van der Waals surface area contributed by atoms with Crippen LogP contribution in [0.15, 0.2) is 36.7 Å². The lowest BCUT2D eigenvalue weighted by Crippen LogP contribution is -2.32. The van der Waals surface area contributed by atoms with Crippen LogP contribution in [0.2, 0.25) is 0 Å². The molecule has 136 valence electrons. The summed E-state index contributed by atoms with van der Waals surface area (Å²) in [7, 11) is 1.53. The Morgan fingerprint density at radius 2 is 2.00 bits per heavy atom. The first-order chi connectivity index (χ1) is 11.7. The van der Waals surface area contributed by atoms with Crippen molar-refractivity contribution in [3.05, 3.63) is 48.0 Å². The van der Waals surface area contributed by atoms with Crippen molar-refractivity contribution in [1.29, 1.82) is 0 Å². The van der Waals surface area contributed by atoms with E-state index in [0.29, 0.717) is 5.75 Å². The van der Waals surface area contributed by atoms with Gasteiger partial charge in [-0.15, -0.1) is 0 Å². The fourth-order valence-corrected chi connectivity index (χ4v) is 2.41. The maximum Gasteiger partial charge on any atom is 0.319 e. The van der Waals surface area contributed by atoms with Gasteiger partial charge >= 0.3 is 6.55 Å². The minimum atomic E-state index is -2.68. The van der Waals surface area contributed by atoms with Crippen LogP contribution in [0.25, 0.3) is 0 Å². The summed E-state index contributed by atoms with van der Waals surface area (Å²) in [6.07, 6.45) is 2.48. The van der Waals surface area contributed by atoms with Crippen LogP contribution in [-0.2, 0) is 16.8 Å². The lowest BCUT2D eigenvalue weighted by Gasteiger charge is -2.23. The minimum absolute atomic E-state index is 0.0134. The summed E-state index contributed by atoms with van der Waals surface area (Å²) in [6.45, 7) is 3.32. The van der Waals surface area contributed by atoms with Crippen molar-refractivity contribution in [2.24, 2.45) is 0 Å². The second kappa shape index (κ2) is 7.63. The summed E-state index contributed by atoms with van der Waals surface area (Å²) >= 11 is 0. The number of benzene rings is 1. The Kier molecular flexibility index (Phi) is 5.77. The predicted octanol–water partition coefficient (Wildman–Crippen LogP) is 3.61. The van der Waals surface area contributed by atoms with Crippen LogP contribution in [0.4, 0.5) is 8.78 Å². The van der Waals surface area contributed by atoms with Crippen LogP contribution in [0.1, 0.15) is 38.7 Å². The Bertz CT molecular complexity index is 723. The van der Waals surface area contributed by atoms with Crippen molar-refractivity contribution in [3.8, 4) is 5.75 Å². The van der Waals surface area contributed by atoms with Crippen molar-refractivity contribution in [2.45, 2.75) is 39.3 Å². The summed E-state index contributed by atoms with van der Waals surface area (Å²) in [5, 5.41) is 0. The predicted molar refractivity (Wildman–Crippen MR) is 90.6 cm³/mol. The maximum absolute atomic E-state index is 12.8. The largest absolute Gasteiger partial charge is 0.483 e. The Hall–Kier alpha value is -2.44. The molecule has 25 heavy (non-hydrogen) atoms. The molecular formula is C18H23F2N3O2. The number of aromatic nitrogens is 2. The Morgan fingerprint density at radius 1 is 1.32 bits per heavy atom. The molecule has 0 saturated heterocycles. The molecule has 0 aliphatic carbocycles. The number of nitrogens with zero attached hydrogens (tertiary/aromatic N) is 3. The average molecular weight is 351 g/mol. The molecule has 0 N–H and O–H groups in total. The highest BCUT2D eigenvalue weighted by Gasteiger charge is 2.20. The van der Waals surface area contributed by atoms with E-state index in [0.717, 1.165) is 10.1 Å². The van der Waals surface area contributed by atoms with E-state index >= 15 is 0 Å². The van der Waals surface area contributed by atoms with E-state index in [1.54, 1.807) is 0 Å². The molecule has 1 aromatic carbocycles. The van der Waals surface area contributed by atoms with Gasteiger partial charge in [-0.1, -0.05) is 39.0 Å². The van der Waals surface area contributed by atoms with E-state index in [1.807, 2.05) is 24.3 Å². The monoisotopic (exact) mass is 351 g/mol. The first kappa shape index (κ1) is 18.9. The van der Waals surface area contributed by atoms with Crippen LogP contribution < -0.4 is 4.74 Å². The third-order valence-electron chi connectivity index (χ3n) is 3.81. The number of rotatable bonds is 6. The Balaban J connectivity index is 2.00. The normalized spacial score (nSPS) is 11.6. The first-order valence-corrected chi connectivity index (χ1v) is 7.96. The average Bonchev–Trinajstić information content (AvgIpc) is 3.00. The first-order valence-electron chi connectivity index (χ1n) is 7.96. The van der Waals surface area contributed by atoms with Gasteiger partial charge in [-0.25, -0.2) is 4.98 Å². The standard InChI is InChI=1S/C18H23F2N3O2/c1-18(2,3)13-7-5-6-8-14(13)25-12-16(24)22(4)11-15-21-9-10-23(15)17(19)20/h5-10,17H,11-12H2,1-4H3. The lowest BCUT2D eigenvalue weighted by molar-refractivity contribution is -0.132. The minimum Gasteiger partial charge on any atom is -0.483 e. The lowest BCUT2D eigenvalue weighted by atomic mass is 9.86. The smallest absolute Gasteiger partial charge is 0.319 e. The van der Waals surface area contributed by atoms with Crippen molar-refractivity contribution in [3.63, 3.8) is 0 Å². The molecule has 1 aromatic heterocycles. The number of amides is 1. The van der Waals surface area contributed by atoms with E-state index in [1.165, 1.54) is 24.3 Å². The number of likely N-dealkylation sites (N-methyl/N-ethyl adjacent to an activating group) is 1. The number of hydrogen-bond donors (Lipinski definition) is 0. The van der Waals surface area contributed by atoms with E-state index in [4.69, 9.17) is 4.74 Å². The number of imidazole rings is 1. The van der Waals surface area contributed by atoms with Crippen molar-refractivity contribution in [2.75, 3.05) is 13.7 Å². The number of carbonyl (C=O) groups excluding carboxylic acids is 1. The van der Waals surface area contributed by atoms with Gasteiger partial charge in [0.25, 0.3) is 5.91 Å². The van der Waals surface area contributed by atoms with Gasteiger partial charge in [0.1, 0.15) is 11.6 Å². The summed E-state index contributed by atoms with van der Waals surface area (Å²) in [5.74, 6) is 0.458. The highest BCUT2D eigenvalue weighted by molar-refractivity contribution is 5.77. The third kappa shape index (κ3) is 4.78. The summed E-state index contributed by atoms with van der Waals surface area (Å²) in [4.78, 5) is 17.5. The van der Waals surface area contributed by atoms with Crippen LogP contribution in [0, 0.1) is 0 Å². The second-order valence-electron chi connectivity index (χ2n) is 6.81. The van der Waals surface area contributed by atoms with Gasteiger partial charge in [-0.05, 0) is 17.0 Å². The van der Waals surface area contributed by atoms with E-state index in [9.17, 15) is 13.6 Å². The molecule has 0 bridgehead atoms. The zero-order valence-corrected chi connectivity index (χ0v) is 14.9. The second-order valence-corrected chi connectivity index (χ2v) is 6.81. The Labute approximate surface area is 146 Å². The fraction of sp³-hybridized carbons (Fsp3) is 0.444. The summed E-state index contributed by atoms with van der Waals surface area (Å²) < 4.78 is 32.1. The molecule has 1 heterocycles. The molecule has 2 aromatic rings. The SMILES string of the molecule is CN(Cc1nccn1C(F)F)C(=O)COc1ccccc1C(C)(C)C. The topological polar surface area (TPSA) is 47.4 Å². The number of halogens is 2. The van der Waals surface area contributed by atoms with Crippen LogP contribution in [-0.4, -0.2) is 34.0 Å². The molecule has 0 saturated carbocycles. The molecule has 0 spiro atoms. The van der Waals surface area contributed by atoms with Crippen molar-refractivity contribution in [1.82, 2.24) is 14.5 Å². The summed E-state index contributed by atoms with van der Waals surface area (Å²) in [5.41, 5.74) is 0.881. The van der Waals surface area contributed by atoms with E-state index < -0.39 is 6.55 Å². The van der Waals surface area contributed by atoms with Crippen LogP contribution in [0.3, 0.4) is 0 Å². The summed E-state index contributed by atoms with van der Waals surface area (Å²) in [6, 6.07) is 7.55. The van der Waals surface area contributed by atoms with Crippen LogP contribution in [0.5, 0.6) is 5.75 Å². The molecule has 0 fully saturated rings. The molecule has 0 atom stereocenters. The molecule has 7 heteroatoms. The van der Waals surface area contributed by atoms with Gasteiger partial charge in [-0.3, -0.25) is 9.36 Å². The number of carbonyl (C=O) groups is 1. The van der Waals surface area contributed by atoms with Crippen molar-refractivity contribution >= 4 is 5.91 Å². The highest BCUT2D eigenvalue weighted by atomic mass is 19.3. The zero-order valence-electron chi connectivity index (χ0n) is 14.9. The van der Waals surface area contributed by atoms with Gasteiger partial charge in [-0.2, -0.15) is 8.78 Å². The number of hydrogen-bond acceptors (Lipinski definition) is 3. The number of alkyl halides is 2. The quantitative estimate of drug-likeness (QED) is 0.799. The third-order valence-corrected chi connectivity index (χ3v) is 3.81. The van der Waals surface area contributed by atoms with Gasteiger partial charge in [0.15, 0.2) is 6.61 Å². The molecule has 0 aliphatic rings. The Morgan fingerprint density at radius 3 is 2.64 bits per heavy atom. The molecule has 2 rings (SSSR count). The zero-order chi connectivity index (χ0) is 18.6. The molecule has 5 nitrogen and oxygen atoms in total. The van der Waals surface area contributed by atoms with Gasteiger partial charge < -0.3 is 9.64 Å². The molecule has 0 unspecified atom stereocenters. The fourth-order valence-electron chi connectivity index (χ4n) is 2.41. The van der Waals surface area contributed by atoms with E-state index in [2.05, 4.69) is 25.8 Å². The molecule has 0 radical (unpaired) electrons. The molecular weight excluding hydrogens is 328 g/mol. The van der Waals surface area contributed by atoms with Crippen LogP contribution >= 0.6 is 0 Å². The maximum atomic E-state index is 12.8. The molecule has 0 aliphatic heterocycles. The van der Waals surface area contributed by atoms with Gasteiger partial charge in [0.2, 0.25) is 0 Å². The van der Waals surface area contributed by atoms with Gasteiger partial charge in [0.05, 0.1) is 6.54 Å². The van der Waals surface area contributed by atoms with E-state index in [-0.39, 0.29) is 30.3 Å². The van der Waals surface area contributed by atoms with Gasteiger partial charge in [0, 0.05) is 19.4 Å².